The summed E-state index contributed by atoms with van der Waals surface area (Å²) in [6, 6.07) is 47.1. The predicted octanol–water partition coefficient (Wildman–Crippen LogP) is 7.07. The molecule has 0 bridgehead atoms. The van der Waals surface area contributed by atoms with Crippen LogP contribution in [0.3, 0.4) is 0 Å². The van der Waals surface area contributed by atoms with E-state index >= 15 is 4.39 Å². The number of benzene rings is 5. The molecule has 2 N–H and O–H groups in total. The molecule has 0 amide bonds. The van der Waals surface area contributed by atoms with Crippen molar-refractivity contribution in [2.24, 2.45) is 0 Å². The maximum absolute atomic E-state index is 19.9. The highest BCUT2D eigenvalue weighted by Crippen LogP contribution is 2.68. The zero-order chi connectivity index (χ0) is 28.3. The van der Waals surface area contributed by atoms with Gasteiger partial charge in [-0.1, -0.05) is 158 Å². The number of hydrogen-bond donors (Lipinski definition) is 2. The van der Waals surface area contributed by atoms with Gasteiger partial charge in [-0.3, -0.25) is 0 Å². The molecule has 0 aliphatic heterocycles. The molecule has 3 atom stereocenters. The molecule has 3 unspecified atom stereocenters. The zero-order valence-corrected chi connectivity index (χ0v) is 22.4. The molecule has 3 nitrogen and oxygen atoms in total. The fourth-order valence-corrected chi connectivity index (χ4v) is 6.79. The molecule has 202 valence electrons. The summed E-state index contributed by atoms with van der Waals surface area (Å²) in [6.45, 7) is 0. The second kappa shape index (κ2) is 10.9. The average Bonchev–Trinajstić information content (AvgIpc) is 3.04. The van der Waals surface area contributed by atoms with Gasteiger partial charge in [-0.25, -0.2) is 4.39 Å². The first-order valence-electron chi connectivity index (χ1n) is 13.7. The van der Waals surface area contributed by atoms with E-state index in [1.54, 1.807) is 54.6 Å². The summed E-state index contributed by atoms with van der Waals surface area (Å²) < 4.78 is 26.0. The van der Waals surface area contributed by atoms with Gasteiger partial charge in [-0.2, -0.15) is 0 Å². The van der Waals surface area contributed by atoms with Gasteiger partial charge in [0, 0.05) is 5.92 Å². The summed E-state index contributed by atoms with van der Waals surface area (Å²) in [5, 5.41) is 20.9. The SMILES string of the molecule is OB(O)OC1(c2ccccc2)C=CC(c2ccccc2)C(c2ccccc2)(c2ccccc2)C1(F)c1ccccc1. The standard InChI is InChI=1S/C36H30BFO3/c38-36(32-24-14-5-15-25-32)34(41-37(39)40,29-18-8-2-9-19-29)27-26-33(28-16-6-1-7-17-28)35(36,30-20-10-3-11-21-30)31-22-12-4-13-23-31/h1-27,33,39-40H. The second-order valence-electron chi connectivity index (χ2n) is 10.4. The lowest BCUT2D eigenvalue weighted by Crippen LogP contribution is -2.65. The van der Waals surface area contributed by atoms with Crippen LogP contribution in [0.1, 0.15) is 33.7 Å². The highest BCUT2D eigenvalue weighted by atomic mass is 19.1. The van der Waals surface area contributed by atoms with Crippen LogP contribution in [-0.4, -0.2) is 17.4 Å². The van der Waals surface area contributed by atoms with E-state index in [9.17, 15) is 10.0 Å². The Morgan fingerprint density at radius 2 is 0.927 bits per heavy atom. The van der Waals surface area contributed by atoms with Gasteiger partial charge in [0.2, 0.25) is 0 Å². The van der Waals surface area contributed by atoms with Crippen molar-refractivity contribution in [3.05, 3.63) is 192 Å². The lowest BCUT2D eigenvalue weighted by molar-refractivity contribution is -0.130. The van der Waals surface area contributed by atoms with Crippen LogP contribution in [0.15, 0.2) is 164 Å². The van der Waals surface area contributed by atoms with E-state index in [2.05, 4.69) is 0 Å². The van der Waals surface area contributed by atoms with Crippen LogP contribution in [0.25, 0.3) is 0 Å². The van der Waals surface area contributed by atoms with E-state index in [4.69, 9.17) is 4.65 Å². The van der Waals surface area contributed by atoms with Crippen LogP contribution < -0.4 is 0 Å². The first-order valence-corrected chi connectivity index (χ1v) is 13.7. The molecular weight excluding hydrogens is 510 g/mol. The smallest absolute Gasteiger partial charge is 0.402 e. The van der Waals surface area contributed by atoms with Gasteiger partial charge in [0.1, 0.15) is 5.60 Å². The van der Waals surface area contributed by atoms with Crippen molar-refractivity contribution in [3.63, 3.8) is 0 Å². The Bertz CT molecular complexity index is 1560. The Balaban J connectivity index is 1.86. The van der Waals surface area contributed by atoms with E-state index < -0.39 is 29.9 Å². The van der Waals surface area contributed by atoms with Crippen molar-refractivity contribution in [1.29, 1.82) is 0 Å². The summed E-state index contributed by atoms with van der Waals surface area (Å²) in [7, 11) is -2.25. The summed E-state index contributed by atoms with van der Waals surface area (Å²) in [4.78, 5) is 0. The summed E-state index contributed by atoms with van der Waals surface area (Å²) in [5.74, 6) is -0.505. The molecule has 41 heavy (non-hydrogen) atoms. The molecule has 1 aliphatic carbocycles. The van der Waals surface area contributed by atoms with Crippen molar-refractivity contribution in [2.45, 2.75) is 22.6 Å². The molecule has 0 saturated heterocycles. The van der Waals surface area contributed by atoms with Gasteiger partial charge in [-0.05, 0) is 33.9 Å². The normalized spacial score (nSPS) is 23.1. The fraction of sp³-hybridized carbons (Fsp3) is 0.111. The van der Waals surface area contributed by atoms with Crippen molar-refractivity contribution in [3.8, 4) is 0 Å². The molecule has 0 heterocycles. The zero-order valence-electron chi connectivity index (χ0n) is 22.4. The summed E-state index contributed by atoms with van der Waals surface area (Å²) in [6.07, 6.45) is 3.64. The van der Waals surface area contributed by atoms with Crippen LogP contribution in [0.5, 0.6) is 0 Å². The predicted molar refractivity (Wildman–Crippen MR) is 161 cm³/mol. The minimum atomic E-state index is -2.41. The third-order valence-corrected chi connectivity index (χ3v) is 8.33. The molecule has 5 heteroatoms. The fourth-order valence-electron chi connectivity index (χ4n) is 6.79. The second-order valence-corrected chi connectivity index (χ2v) is 10.4. The molecule has 0 aromatic heterocycles. The Hall–Kier alpha value is -4.29. The molecule has 0 spiro atoms. The first-order chi connectivity index (χ1) is 20.0. The highest BCUT2D eigenvalue weighted by molar-refractivity contribution is 6.33. The number of alkyl halides is 1. The number of rotatable bonds is 7. The van der Waals surface area contributed by atoms with Crippen molar-refractivity contribution in [2.75, 3.05) is 0 Å². The quantitative estimate of drug-likeness (QED) is 0.172. The minimum Gasteiger partial charge on any atom is -0.402 e. The number of allylic oxidation sites excluding steroid dienone is 1. The first kappa shape index (κ1) is 26.9. The number of halogens is 1. The Labute approximate surface area is 240 Å². The molecule has 5 aromatic rings. The third-order valence-electron chi connectivity index (χ3n) is 8.33. The Morgan fingerprint density at radius 1 is 0.537 bits per heavy atom. The maximum atomic E-state index is 19.9. The minimum absolute atomic E-state index is 0.350. The van der Waals surface area contributed by atoms with E-state index in [1.807, 2.05) is 109 Å². The largest absolute Gasteiger partial charge is 0.634 e. The van der Waals surface area contributed by atoms with Crippen LogP contribution in [0.4, 0.5) is 4.39 Å². The molecule has 6 rings (SSSR count). The molecule has 0 saturated carbocycles. The highest BCUT2D eigenvalue weighted by Gasteiger charge is 2.71. The van der Waals surface area contributed by atoms with Crippen LogP contribution in [0.2, 0.25) is 0 Å². The third kappa shape index (κ3) is 4.17. The molecular formula is C36H30BFO3. The molecule has 5 aromatic carbocycles. The average molecular weight is 540 g/mol. The topological polar surface area (TPSA) is 49.7 Å². The summed E-state index contributed by atoms with van der Waals surface area (Å²) >= 11 is 0. The van der Waals surface area contributed by atoms with Gasteiger partial charge in [-0.15, -0.1) is 0 Å². The van der Waals surface area contributed by atoms with Gasteiger partial charge < -0.3 is 14.7 Å². The monoisotopic (exact) mass is 540 g/mol. The number of hydrogen-bond acceptors (Lipinski definition) is 3. The Morgan fingerprint density at radius 3 is 1.37 bits per heavy atom. The molecule has 1 aliphatic rings. The Kier molecular flexibility index (Phi) is 7.18. The van der Waals surface area contributed by atoms with Gasteiger partial charge >= 0.3 is 7.32 Å². The van der Waals surface area contributed by atoms with Crippen LogP contribution >= 0.6 is 0 Å². The van der Waals surface area contributed by atoms with Gasteiger partial charge in [0.25, 0.3) is 0 Å². The molecule has 0 radical (unpaired) electrons. The van der Waals surface area contributed by atoms with E-state index in [0.29, 0.717) is 11.1 Å². The van der Waals surface area contributed by atoms with Crippen LogP contribution in [0, 0.1) is 0 Å². The van der Waals surface area contributed by atoms with E-state index in [-0.39, 0.29) is 0 Å². The van der Waals surface area contributed by atoms with E-state index in [0.717, 1.165) is 16.7 Å². The van der Waals surface area contributed by atoms with Crippen LogP contribution in [-0.2, 0) is 21.3 Å². The van der Waals surface area contributed by atoms with Gasteiger partial charge in [0.15, 0.2) is 5.67 Å². The lowest BCUT2D eigenvalue weighted by atomic mass is 9.46. The van der Waals surface area contributed by atoms with Crippen molar-refractivity contribution in [1.82, 2.24) is 0 Å². The maximum Gasteiger partial charge on any atom is 0.634 e. The molecule has 0 fully saturated rings. The van der Waals surface area contributed by atoms with Crippen molar-refractivity contribution >= 4 is 7.32 Å². The lowest BCUT2D eigenvalue weighted by Gasteiger charge is -2.60. The van der Waals surface area contributed by atoms with E-state index in [1.165, 1.54) is 0 Å². The summed E-state index contributed by atoms with van der Waals surface area (Å²) in [5.41, 5.74) is -2.61. The van der Waals surface area contributed by atoms with Crippen molar-refractivity contribution < 1.29 is 19.1 Å². The van der Waals surface area contributed by atoms with Gasteiger partial charge in [0.05, 0.1) is 5.41 Å².